The van der Waals surface area contributed by atoms with Gasteiger partial charge in [0.2, 0.25) is 0 Å². The highest BCUT2D eigenvalue weighted by atomic mass is 127. The predicted octanol–water partition coefficient (Wildman–Crippen LogP) is 7.07. The fourth-order valence-electron chi connectivity index (χ4n) is 5.58. The molecule has 0 radical (unpaired) electrons. The maximum Gasteiger partial charge on any atom is 0.253 e. The highest BCUT2D eigenvalue weighted by Gasteiger charge is 2.24. The van der Waals surface area contributed by atoms with E-state index in [0.29, 0.717) is 42.1 Å². The molecule has 0 heterocycles. The van der Waals surface area contributed by atoms with Crippen LogP contribution in [0.15, 0.2) is 91.0 Å². The van der Waals surface area contributed by atoms with Crippen LogP contribution in [0.1, 0.15) is 69.7 Å². The number of aliphatic hydroxyl groups excluding tert-OH is 1. The number of amides is 2. The van der Waals surface area contributed by atoms with Gasteiger partial charge in [0.25, 0.3) is 11.8 Å². The number of benzene rings is 4. The van der Waals surface area contributed by atoms with E-state index in [-0.39, 0.29) is 25.5 Å². The van der Waals surface area contributed by atoms with Crippen molar-refractivity contribution in [3.63, 3.8) is 0 Å². The fourth-order valence-corrected chi connectivity index (χ4v) is 6.19. The van der Waals surface area contributed by atoms with Crippen LogP contribution in [-0.2, 0) is 19.6 Å². The Hall–Kier alpha value is -3.80. The normalized spacial score (nSPS) is 12.3. The lowest BCUT2D eigenvalue weighted by atomic mass is 9.99. The molecule has 0 aliphatic heterocycles. The summed E-state index contributed by atoms with van der Waals surface area (Å²) in [5.41, 5.74) is 4.13. The molecule has 4 aromatic rings. The lowest BCUT2D eigenvalue weighted by molar-refractivity contribution is 0.0755. The Labute approximate surface area is 297 Å². The molecular weight excluding hydrogens is 720 g/mol. The number of aliphatic hydroxyl groups is 1. The molecule has 2 atom stereocenters. The molecule has 0 spiro atoms. The van der Waals surface area contributed by atoms with E-state index < -0.39 is 23.9 Å². The predicted molar refractivity (Wildman–Crippen MR) is 197 cm³/mol. The van der Waals surface area contributed by atoms with Crippen molar-refractivity contribution in [3.05, 3.63) is 134 Å². The zero-order valence-electron chi connectivity index (χ0n) is 27.8. The monoisotopic (exact) mass is 765 g/mol. The Bertz CT molecular complexity index is 1650. The van der Waals surface area contributed by atoms with Crippen molar-refractivity contribution in [2.75, 3.05) is 19.6 Å². The second-order valence-corrected chi connectivity index (χ2v) is 13.3. The summed E-state index contributed by atoms with van der Waals surface area (Å²) in [4.78, 5) is 29.0. The zero-order chi connectivity index (χ0) is 34.5. The quantitative estimate of drug-likeness (QED) is 0.100. The molecular formula is C39H45FIN3O4. The molecule has 3 N–H and O–H groups in total. The first-order chi connectivity index (χ1) is 23.1. The maximum absolute atomic E-state index is 14.8. The highest BCUT2D eigenvalue weighted by molar-refractivity contribution is 14.1. The minimum atomic E-state index is -1.01. The molecule has 48 heavy (non-hydrogen) atoms. The number of hydrogen-bond acceptors (Lipinski definition) is 5. The first-order valence-electron chi connectivity index (χ1n) is 16.5. The van der Waals surface area contributed by atoms with Crippen molar-refractivity contribution in [1.82, 2.24) is 15.5 Å². The molecule has 0 aliphatic rings. The maximum atomic E-state index is 14.8. The first kappa shape index (κ1) is 37.0. The van der Waals surface area contributed by atoms with Crippen molar-refractivity contribution in [1.29, 1.82) is 0 Å². The lowest BCUT2D eigenvalue weighted by Gasteiger charge is -2.26. The summed E-state index contributed by atoms with van der Waals surface area (Å²) in [6, 6.07) is 26.5. The molecule has 9 heteroatoms. The summed E-state index contributed by atoms with van der Waals surface area (Å²) < 4.78 is 21.8. The minimum Gasteiger partial charge on any atom is -0.489 e. The van der Waals surface area contributed by atoms with E-state index in [1.165, 1.54) is 12.1 Å². The number of nitrogens with zero attached hydrogens (tertiary/aromatic N) is 1. The van der Waals surface area contributed by atoms with Gasteiger partial charge in [-0.15, -0.1) is 0 Å². The second kappa shape index (κ2) is 18.7. The third kappa shape index (κ3) is 11.4. The van der Waals surface area contributed by atoms with Crippen molar-refractivity contribution >= 4 is 34.4 Å². The van der Waals surface area contributed by atoms with E-state index in [4.69, 9.17) is 4.74 Å². The van der Waals surface area contributed by atoms with Crippen molar-refractivity contribution in [2.45, 2.75) is 65.3 Å². The summed E-state index contributed by atoms with van der Waals surface area (Å²) in [5.74, 6) is -0.659. The van der Waals surface area contributed by atoms with Gasteiger partial charge in [-0.1, -0.05) is 56.3 Å². The number of aryl methyl sites for hydroxylation is 1. The van der Waals surface area contributed by atoms with Gasteiger partial charge in [-0.3, -0.25) is 9.59 Å². The summed E-state index contributed by atoms with van der Waals surface area (Å²) in [6.07, 6.45) is 0.807. The number of rotatable bonds is 17. The van der Waals surface area contributed by atoms with Gasteiger partial charge in [0.05, 0.1) is 12.1 Å². The van der Waals surface area contributed by atoms with E-state index in [1.807, 2.05) is 74.2 Å². The number of halogens is 2. The summed E-state index contributed by atoms with van der Waals surface area (Å²) in [5, 5.41) is 17.7. The number of carbonyl (C=O) groups excluding carboxylic acids is 2. The van der Waals surface area contributed by atoms with Crippen molar-refractivity contribution in [2.24, 2.45) is 0 Å². The summed E-state index contributed by atoms with van der Waals surface area (Å²) >= 11 is 2.26. The van der Waals surface area contributed by atoms with Crippen molar-refractivity contribution in [3.8, 4) is 5.75 Å². The van der Waals surface area contributed by atoms with Gasteiger partial charge >= 0.3 is 0 Å². The Balaban J connectivity index is 1.55. The van der Waals surface area contributed by atoms with Gasteiger partial charge in [-0.05, 0) is 113 Å². The number of ether oxygens (including phenoxy) is 1. The Morgan fingerprint density at radius 1 is 0.875 bits per heavy atom. The smallest absolute Gasteiger partial charge is 0.253 e. The molecule has 7 nitrogen and oxygen atoms in total. The van der Waals surface area contributed by atoms with Crippen molar-refractivity contribution < 1.29 is 23.8 Å². The molecule has 0 aliphatic carbocycles. The average molecular weight is 766 g/mol. The molecule has 0 saturated carbocycles. The molecule has 0 aromatic heterocycles. The molecule has 254 valence electrons. The van der Waals surface area contributed by atoms with E-state index in [9.17, 15) is 19.1 Å². The third-order valence-electron chi connectivity index (χ3n) is 7.85. The molecule has 0 saturated heterocycles. The Morgan fingerprint density at radius 3 is 2.29 bits per heavy atom. The van der Waals surface area contributed by atoms with Crippen LogP contribution in [0.5, 0.6) is 5.75 Å². The topological polar surface area (TPSA) is 90.9 Å². The van der Waals surface area contributed by atoms with Gasteiger partial charge in [0.1, 0.15) is 18.2 Å². The molecule has 2 amide bonds. The number of hydrogen-bond donors (Lipinski definition) is 3. The van der Waals surface area contributed by atoms with Gasteiger partial charge in [0, 0.05) is 46.9 Å². The largest absolute Gasteiger partial charge is 0.489 e. The highest BCUT2D eigenvalue weighted by Crippen LogP contribution is 2.21. The first-order valence-corrected chi connectivity index (χ1v) is 17.5. The molecule has 0 fully saturated rings. The van der Waals surface area contributed by atoms with E-state index >= 15 is 0 Å². The summed E-state index contributed by atoms with van der Waals surface area (Å²) in [7, 11) is 0. The zero-order valence-corrected chi connectivity index (χ0v) is 30.0. The van der Waals surface area contributed by atoms with Crippen LogP contribution in [-0.4, -0.2) is 53.6 Å². The minimum absolute atomic E-state index is 0.115. The average Bonchev–Trinajstić information content (AvgIpc) is 3.06. The standard InChI is InChI=1S/C39H45FIN3O4/c1-4-14-44(15-5-2)39(47)32-17-27(3)16-31(22-32)38(46)43-36(37(45)25-42-24-29-12-9-13-34(41)19-29)21-30-18-33(40)23-35(20-30)48-26-28-10-7-6-8-11-28/h6-13,16-20,22-23,36-37,42,45H,4-5,14-15,21,24-26H2,1-3H3,(H,43,46)/t36-,37+/m0/s1. The van der Waals surface area contributed by atoms with Crippen LogP contribution < -0.4 is 15.4 Å². The van der Waals surface area contributed by atoms with Crippen LogP contribution in [0.2, 0.25) is 0 Å². The van der Waals surface area contributed by atoms with Crippen LogP contribution in [0.4, 0.5) is 4.39 Å². The Kier molecular flexibility index (Phi) is 14.4. The van der Waals surface area contributed by atoms with Gasteiger partial charge < -0.3 is 25.4 Å². The molecule has 0 unspecified atom stereocenters. The van der Waals surface area contributed by atoms with E-state index in [2.05, 4.69) is 39.3 Å². The lowest BCUT2D eigenvalue weighted by Crippen LogP contribution is -2.48. The van der Waals surface area contributed by atoms with Crippen LogP contribution in [0.3, 0.4) is 0 Å². The summed E-state index contributed by atoms with van der Waals surface area (Å²) in [6.45, 7) is 8.17. The van der Waals surface area contributed by atoms with Gasteiger partial charge in [-0.2, -0.15) is 0 Å². The van der Waals surface area contributed by atoms with Gasteiger partial charge in [0.15, 0.2) is 0 Å². The fraction of sp³-hybridized carbons (Fsp3) is 0.333. The molecule has 4 aromatic carbocycles. The van der Waals surface area contributed by atoms with Gasteiger partial charge in [-0.25, -0.2) is 4.39 Å². The third-order valence-corrected chi connectivity index (χ3v) is 8.52. The van der Waals surface area contributed by atoms with E-state index in [1.54, 1.807) is 24.3 Å². The Morgan fingerprint density at radius 2 is 1.58 bits per heavy atom. The van der Waals surface area contributed by atoms with Crippen LogP contribution >= 0.6 is 22.6 Å². The molecule has 0 bridgehead atoms. The molecule has 4 rings (SSSR count). The SMILES string of the molecule is CCCN(CCC)C(=O)c1cc(C)cc(C(=O)N[C@@H](Cc2cc(F)cc(OCc3ccccc3)c2)[C@H](O)CNCc2cccc(I)c2)c1. The van der Waals surface area contributed by atoms with Crippen LogP contribution in [0, 0.1) is 16.3 Å². The van der Waals surface area contributed by atoms with Crippen LogP contribution in [0.25, 0.3) is 0 Å². The number of carbonyl (C=O) groups is 2. The van der Waals surface area contributed by atoms with E-state index in [0.717, 1.165) is 33.1 Å². The second-order valence-electron chi connectivity index (χ2n) is 12.1. The number of nitrogens with one attached hydrogen (secondary N) is 2.